The molecule has 0 aliphatic heterocycles. The van der Waals surface area contributed by atoms with E-state index >= 15 is 0 Å². The number of aryl methyl sites for hydroxylation is 1. The Hall–Kier alpha value is -2.19. The molecule has 2 aromatic heterocycles. The summed E-state index contributed by atoms with van der Waals surface area (Å²) in [7, 11) is 0. The van der Waals surface area contributed by atoms with Crippen LogP contribution in [-0.2, 0) is 4.79 Å². The third-order valence-corrected chi connectivity index (χ3v) is 6.41. The van der Waals surface area contributed by atoms with Gasteiger partial charge in [0.15, 0.2) is 5.16 Å². The number of aromatic amines is 1. The second-order valence-corrected chi connectivity index (χ2v) is 9.17. The van der Waals surface area contributed by atoms with Crippen molar-refractivity contribution >= 4 is 39.2 Å². The minimum Gasteiger partial charge on any atom is -0.352 e. The third-order valence-electron chi connectivity index (χ3n) is 4.43. The molecule has 0 bridgehead atoms. The molecule has 0 radical (unpaired) electrons. The Morgan fingerprint density at radius 3 is 2.74 bits per heavy atom. The molecule has 3 aromatic rings. The van der Waals surface area contributed by atoms with Crippen LogP contribution in [0.5, 0.6) is 0 Å². The monoisotopic (exact) mass is 403 g/mol. The molecule has 140 valence electrons. The molecule has 8 heteroatoms. The molecule has 0 saturated heterocycles. The molecule has 0 unspecified atom stereocenters. The van der Waals surface area contributed by atoms with E-state index in [0.717, 1.165) is 28.8 Å². The number of rotatable bonds is 5. The standard InChI is InChI=1S/C19H18FN3O2S2/c1-9-14(11-3-5-12(20)6-4-11)15-17(25)22-19(23-18(15)26-9)27-10(2)16(24)21-13-7-8-13/h3-6,10,13H,7-8H2,1-2H3,(H,21,24)(H,22,23,25)/t10-/m1/s1. The van der Waals surface area contributed by atoms with E-state index in [1.807, 2.05) is 6.92 Å². The molecular weight excluding hydrogens is 385 g/mol. The van der Waals surface area contributed by atoms with Crippen molar-refractivity contribution in [3.05, 3.63) is 45.3 Å². The quantitative estimate of drug-likeness (QED) is 0.501. The Balaban J connectivity index is 1.67. The van der Waals surface area contributed by atoms with E-state index in [1.54, 1.807) is 19.1 Å². The van der Waals surface area contributed by atoms with Crippen LogP contribution in [0, 0.1) is 12.7 Å². The summed E-state index contributed by atoms with van der Waals surface area (Å²) in [6.07, 6.45) is 2.07. The van der Waals surface area contributed by atoms with Gasteiger partial charge in [0.1, 0.15) is 10.6 Å². The van der Waals surface area contributed by atoms with E-state index in [1.165, 1.54) is 35.2 Å². The van der Waals surface area contributed by atoms with Gasteiger partial charge < -0.3 is 10.3 Å². The molecule has 1 amide bonds. The number of hydrogen-bond acceptors (Lipinski definition) is 5. The number of thioether (sulfide) groups is 1. The van der Waals surface area contributed by atoms with E-state index in [2.05, 4.69) is 15.3 Å². The van der Waals surface area contributed by atoms with Gasteiger partial charge in [-0.25, -0.2) is 9.37 Å². The number of hydrogen-bond donors (Lipinski definition) is 2. The van der Waals surface area contributed by atoms with E-state index in [4.69, 9.17) is 0 Å². The van der Waals surface area contributed by atoms with Gasteiger partial charge in [-0.15, -0.1) is 11.3 Å². The first-order chi connectivity index (χ1) is 12.9. The minimum atomic E-state index is -0.344. The second kappa shape index (κ2) is 7.09. The van der Waals surface area contributed by atoms with Crippen LogP contribution in [0.4, 0.5) is 4.39 Å². The molecule has 1 saturated carbocycles. The highest BCUT2D eigenvalue weighted by atomic mass is 32.2. The van der Waals surface area contributed by atoms with Gasteiger partial charge in [0.2, 0.25) is 5.91 Å². The molecular formula is C19H18FN3O2S2. The number of amides is 1. The second-order valence-electron chi connectivity index (χ2n) is 6.63. The first-order valence-electron chi connectivity index (χ1n) is 8.69. The number of carbonyl (C=O) groups is 1. The number of nitrogens with one attached hydrogen (secondary N) is 2. The Morgan fingerprint density at radius 1 is 1.37 bits per heavy atom. The van der Waals surface area contributed by atoms with Crippen LogP contribution in [0.3, 0.4) is 0 Å². The van der Waals surface area contributed by atoms with Crippen molar-refractivity contribution < 1.29 is 9.18 Å². The molecule has 1 aromatic carbocycles. The van der Waals surface area contributed by atoms with E-state index < -0.39 is 0 Å². The highest BCUT2D eigenvalue weighted by Crippen LogP contribution is 2.36. The van der Waals surface area contributed by atoms with Gasteiger partial charge in [0, 0.05) is 16.5 Å². The fraction of sp³-hybridized carbons (Fsp3) is 0.316. The molecule has 4 rings (SSSR count). The van der Waals surface area contributed by atoms with Gasteiger partial charge >= 0.3 is 0 Å². The van der Waals surface area contributed by atoms with Gasteiger partial charge in [-0.2, -0.15) is 0 Å². The molecule has 1 aliphatic rings. The molecule has 1 aliphatic carbocycles. The summed E-state index contributed by atoms with van der Waals surface area (Å²) in [6, 6.07) is 6.38. The van der Waals surface area contributed by atoms with Crippen molar-refractivity contribution in [2.75, 3.05) is 0 Å². The fourth-order valence-corrected chi connectivity index (χ4v) is 4.80. The Bertz CT molecular complexity index is 1070. The SMILES string of the molecule is Cc1sc2nc(S[C@H](C)C(=O)NC3CC3)[nH]c(=O)c2c1-c1ccc(F)cc1. The lowest BCUT2D eigenvalue weighted by Crippen LogP contribution is -2.32. The molecule has 1 fully saturated rings. The summed E-state index contributed by atoms with van der Waals surface area (Å²) < 4.78 is 13.2. The summed E-state index contributed by atoms with van der Waals surface area (Å²) in [5.41, 5.74) is 1.31. The van der Waals surface area contributed by atoms with Crippen LogP contribution in [0.2, 0.25) is 0 Å². The molecule has 1 atom stereocenters. The van der Waals surface area contributed by atoms with Gasteiger partial charge in [-0.3, -0.25) is 9.59 Å². The third kappa shape index (κ3) is 3.77. The maximum absolute atomic E-state index is 13.2. The number of halogens is 1. The zero-order valence-corrected chi connectivity index (χ0v) is 16.5. The summed E-state index contributed by atoms with van der Waals surface area (Å²) in [6.45, 7) is 3.72. The number of H-pyrrole nitrogens is 1. The van der Waals surface area contributed by atoms with Crippen molar-refractivity contribution in [3.63, 3.8) is 0 Å². The molecule has 5 nitrogen and oxygen atoms in total. The summed E-state index contributed by atoms with van der Waals surface area (Å²) in [4.78, 5) is 33.8. The predicted octanol–water partition coefficient (Wildman–Crippen LogP) is 3.86. The highest BCUT2D eigenvalue weighted by molar-refractivity contribution is 8.00. The van der Waals surface area contributed by atoms with Crippen LogP contribution in [0.15, 0.2) is 34.2 Å². The summed E-state index contributed by atoms with van der Waals surface area (Å²) >= 11 is 2.67. The first kappa shape index (κ1) is 18.2. The van der Waals surface area contributed by atoms with Crippen LogP contribution in [0.1, 0.15) is 24.6 Å². The van der Waals surface area contributed by atoms with Crippen molar-refractivity contribution in [1.82, 2.24) is 15.3 Å². The summed E-state index contributed by atoms with van der Waals surface area (Å²) in [5, 5.41) is 3.55. The van der Waals surface area contributed by atoms with Crippen molar-refractivity contribution in [2.24, 2.45) is 0 Å². The number of aromatic nitrogens is 2. The Morgan fingerprint density at radius 2 is 2.07 bits per heavy atom. The highest BCUT2D eigenvalue weighted by Gasteiger charge is 2.26. The largest absolute Gasteiger partial charge is 0.352 e. The average molecular weight is 404 g/mol. The van der Waals surface area contributed by atoms with Gasteiger partial charge in [0.25, 0.3) is 5.56 Å². The molecule has 2 N–H and O–H groups in total. The fourth-order valence-electron chi connectivity index (χ4n) is 2.89. The first-order valence-corrected chi connectivity index (χ1v) is 10.4. The number of fused-ring (bicyclic) bond motifs is 1. The number of carbonyl (C=O) groups excluding carboxylic acids is 1. The lowest BCUT2D eigenvalue weighted by molar-refractivity contribution is -0.120. The molecule has 0 spiro atoms. The predicted molar refractivity (Wildman–Crippen MR) is 107 cm³/mol. The van der Waals surface area contributed by atoms with E-state index in [9.17, 15) is 14.0 Å². The average Bonchev–Trinajstić information content (AvgIpc) is 3.36. The molecule has 2 heterocycles. The normalized spacial score (nSPS) is 15.1. The maximum Gasteiger partial charge on any atom is 0.260 e. The lowest BCUT2D eigenvalue weighted by atomic mass is 10.0. The zero-order valence-electron chi connectivity index (χ0n) is 14.8. The Labute approximate surface area is 163 Å². The number of thiophene rings is 1. The van der Waals surface area contributed by atoms with E-state index in [0.29, 0.717) is 21.4 Å². The van der Waals surface area contributed by atoms with Gasteiger partial charge in [0.05, 0.1) is 10.6 Å². The zero-order chi connectivity index (χ0) is 19.1. The van der Waals surface area contributed by atoms with Gasteiger partial charge in [-0.1, -0.05) is 23.9 Å². The van der Waals surface area contributed by atoms with Crippen molar-refractivity contribution in [1.29, 1.82) is 0 Å². The van der Waals surface area contributed by atoms with Gasteiger partial charge in [-0.05, 0) is 44.4 Å². The van der Waals surface area contributed by atoms with Crippen molar-refractivity contribution in [3.8, 4) is 11.1 Å². The van der Waals surface area contributed by atoms with E-state index in [-0.39, 0.29) is 22.5 Å². The topological polar surface area (TPSA) is 74.8 Å². The van der Waals surface area contributed by atoms with Crippen LogP contribution < -0.4 is 10.9 Å². The van der Waals surface area contributed by atoms with Crippen LogP contribution >= 0.6 is 23.1 Å². The Kier molecular flexibility index (Phi) is 4.77. The smallest absolute Gasteiger partial charge is 0.260 e. The lowest BCUT2D eigenvalue weighted by Gasteiger charge is -2.10. The summed E-state index contributed by atoms with van der Waals surface area (Å²) in [5.74, 6) is -0.361. The minimum absolute atomic E-state index is 0.0420. The number of nitrogens with zero attached hydrogens (tertiary/aromatic N) is 1. The number of benzene rings is 1. The molecule has 27 heavy (non-hydrogen) atoms. The van der Waals surface area contributed by atoms with Crippen LogP contribution in [0.25, 0.3) is 21.3 Å². The van der Waals surface area contributed by atoms with Crippen LogP contribution in [-0.4, -0.2) is 27.2 Å². The van der Waals surface area contributed by atoms with Crippen molar-refractivity contribution in [2.45, 2.75) is 43.1 Å². The maximum atomic E-state index is 13.2.